The van der Waals surface area contributed by atoms with Crippen molar-refractivity contribution >= 4 is 33.3 Å². The predicted molar refractivity (Wildman–Crippen MR) is 92.6 cm³/mol. The van der Waals surface area contributed by atoms with Crippen LogP contribution < -0.4 is 4.74 Å². The van der Waals surface area contributed by atoms with E-state index >= 15 is 0 Å². The number of thiophene rings is 1. The first-order valence-electron chi connectivity index (χ1n) is 7.10. The first kappa shape index (κ1) is 15.1. The number of benzene rings is 1. The highest BCUT2D eigenvalue weighted by atomic mass is 32.2. The third-order valence-corrected chi connectivity index (χ3v) is 5.16. The van der Waals surface area contributed by atoms with E-state index in [-0.39, 0.29) is 0 Å². The molecule has 0 bridgehead atoms. The fourth-order valence-corrected chi connectivity index (χ4v) is 3.86. The van der Waals surface area contributed by atoms with Gasteiger partial charge in [-0.15, -0.1) is 21.5 Å². The van der Waals surface area contributed by atoms with Gasteiger partial charge in [0.1, 0.15) is 21.9 Å². The summed E-state index contributed by atoms with van der Waals surface area (Å²) in [5.74, 6) is 1.25. The van der Waals surface area contributed by atoms with Crippen molar-refractivity contribution in [1.82, 2.24) is 20.2 Å². The summed E-state index contributed by atoms with van der Waals surface area (Å²) in [5, 5.41) is 10.5. The first-order chi connectivity index (χ1) is 11.7. The molecule has 4 aromatic rings. The average molecular weight is 356 g/mol. The normalized spacial score (nSPS) is 11.1. The van der Waals surface area contributed by atoms with Crippen molar-refractivity contribution in [2.45, 2.75) is 17.2 Å². The Morgan fingerprint density at radius 2 is 1.96 bits per heavy atom. The number of aryl methyl sites for hydroxylation is 1. The molecule has 3 heterocycles. The monoisotopic (exact) mass is 356 g/mol. The van der Waals surface area contributed by atoms with Crippen LogP contribution in [0.5, 0.6) is 5.75 Å². The quantitative estimate of drug-likeness (QED) is 0.507. The van der Waals surface area contributed by atoms with Gasteiger partial charge in [0, 0.05) is 15.8 Å². The smallest absolute Gasteiger partial charge is 0.283 e. The zero-order valence-electron chi connectivity index (χ0n) is 12.9. The van der Waals surface area contributed by atoms with Gasteiger partial charge in [0.25, 0.3) is 5.22 Å². The Kier molecular flexibility index (Phi) is 3.91. The molecule has 0 aliphatic carbocycles. The maximum atomic E-state index is 5.75. The Morgan fingerprint density at radius 1 is 1.12 bits per heavy atom. The Morgan fingerprint density at radius 3 is 2.75 bits per heavy atom. The molecule has 1 aromatic carbocycles. The summed E-state index contributed by atoms with van der Waals surface area (Å²) in [5.41, 5.74) is 0.842. The van der Waals surface area contributed by atoms with Crippen LogP contribution in [0.4, 0.5) is 0 Å². The standard InChI is InChI=1S/C16H12N4O2S2/c1-9-7-12-14(23-9)17-8-18-15(12)24-16-20-19-13(22-16)10-3-5-11(21-2)6-4-10/h3-8H,1-2H3. The van der Waals surface area contributed by atoms with E-state index in [0.717, 1.165) is 26.6 Å². The molecule has 0 fully saturated rings. The summed E-state index contributed by atoms with van der Waals surface area (Å²) < 4.78 is 10.9. The molecule has 0 aliphatic heterocycles. The molecule has 0 saturated heterocycles. The summed E-state index contributed by atoms with van der Waals surface area (Å²) in [6.07, 6.45) is 1.56. The Balaban J connectivity index is 1.62. The largest absolute Gasteiger partial charge is 0.497 e. The molecule has 0 saturated carbocycles. The van der Waals surface area contributed by atoms with Crippen LogP contribution >= 0.6 is 23.1 Å². The molecule has 0 spiro atoms. The third-order valence-electron chi connectivity index (χ3n) is 3.34. The highest BCUT2D eigenvalue weighted by Gasteiger charge is 2.14. The highest BCUT2D eigenvalue weighted by Crippen LogP contribution is 2.34. The molecule has 0 atom stereocenters. The van der Waals surface area contributed by atoms with Crippen LogP contribution in [0.2, 0.25) is 0 Å². The van der Waals surface area contributed by atoms with Gasteiger partial charge < -0.3 is 9.15 Å². The van der Waals surface area contributed by atoms with Gasteiger partial charge in [-0.05, 0) is 49.0 Å². The highest BCUT2D eigenvalue weighted by molar-refractivity contribution is 7.99. The second kappa shape index (κ2) is 6.21. The molecule has 3 aromatic heterocycles. The van der Waals surface area contributed by atoms with Crippen LogP contribution in [0.3, 0.4) is 0 Å². The molecule has 4 rings (SSSR count). The van der Waals surface area contributed by atoms with E-state index in [1.807, 2.05) is 24.3 Å². The molecule has 0 unspecified atom stereocenters. The Labute approximate surface area is 145 Å². The minimum atomic E-state index is 0.449. The lowest BCUT2D eigenvalue weighted by Crippen LogP contribution is -1.83. The van der Waals surface area contributed by atoms with Gasteiger partial charge in [-0.1, -0.05) is 0 Å². The average Bonchev–Trinajstić information content (AvgIpc) is 3.21. The van der Waals surface area contributed by atoms with Crippen LogP contribution in [0.15, 0.2) is 51.3 Å². The maximum absolute atomic E-state index is 5.75. The summed E-state index contributed by atoms with van der Waals surface area (Å²) in [6, 6.07) is 9.55. The van der Waals surface area contributed by atoms with Crippen molar-refractivity contribution in [2.75, 3.05) is 7.11 Å². The Hall–Kier alpha value is -2.45. The van der Waals surface area contributed by atoms with Crippen LogP contribution in [0.1, 0.15) is 4.88 Å². The van der Waals surface area contributed by atoms with E-state index < -0.39 is 0 Å². The summed E-state index contributed by atoms with van der Waals surface area (Å²) >= 11 is 2.98. The van der Waals surface area contributed by atoms with E-state index in [9.17, 15) is 0 Å². The summed E-state index contributed by atoms with van der Waals surface area (Å²) in [4.78, 5) is 10.8. The number of hydrogen-bond donors (Lipinski definition) is 0. The van der Waals surface area contributed by atoms with Gasteiger partial charge in [0.15, 0.2) is 0 Å². The zero-order valence-corrected chi connectivity index (χ0v) is 14.5. The fraction of sp³-hybridized carbons (Fsp3) is 0.125. The number of rotatable bonds is 4. The maximum Gasteiger partial charge on any atom is 0.283 e. The van der Waals surface area contributed by atoms with E-state index in [1.54, 1.807) is 24.8 Å². The number of aromatic nitrogens is 4. The van der Waals surface area contributed by atoms with Crippen molar-refractivity contribution in [3.8, 4) is 17.2 Å². The first-order valence-corrected chi connectivity index (χ1v) is 8.73. The van der Waals surface area contributed by atoms with E-state index in [4.69, 9.17) is 9.15 Å². The Bertz CT molecular complexity index is 995. The molecule has 24 heavy (non-hydrogen) atoms. The van der Waals surface area contributed by atoms with Gasteiger partial charge in [-0.2, -0.15) is 0 Å². The summed E-state index contributed by atoms with van der Waals surface area (Å²) in [6.45, 7) is 2.05. The van der Waals surface area contributed by atoms with E-state index in [0.29, 0.717) is 11.1 Å². The van der Waals surface area contributed by atoms with Crippen molar-refractivity contribution in [1.29, 1.82) is 0 Å². The van der Waals surface area contributed by atoms with Crippen LogP contribution in [0, 0.1) is 6.92 Å². The van der Waals surface area contributed by atoms with Gasteiger partial charge in [-0.3, -0.25) is 0 Å². The minimum absolute atomic E-state index is 0.449. The van der Waals surface area contributed by atoms with Crippen molar-refractivity contribution in [3.63, 3.8) is 0 Å². The van der Waals surface area contributed by atoms with Gasteiger partial charge >= 0.3 is 0 Å². The topological polar surface area (TPSA) is 73.9 Å². The van der Waals surface area contributed by atoms with E-state index in [1.165, 1.54) is 16.6 Å². The van der Waals surface area contributed by atoms with Crippen molar-refractivity contribution in [3.05, 3.63) is 41.5 Å². The lowest BCUT2D eigenvalue weighted by molar-refractivity contribution is 0.414. The fourth-order valence-electron chi connectivity index (χ4n) is 2.22. The molecule has 8 heteroatoms. The SMILES string of the molecule is COc1ccc(-c2nnc(Sc3ncnc4sc(C)cc34)o2)cc1. The van der Waals surface area contributed by atoms with Crippen LogP contribution in [-0.2, 0) is 0 Å². The molecule has 120 valence electrons. The summed E-state index contributed by atoms with van der Waals surface area (Å²) in [7, 11) is 1.63. The van der Waals surface area contributed by atoms with Crippen molar-refractivity contribution in [2.24, 2.45) is 0 Å². The van der Waals surface area contributed by atoms with Gasteiger partial charge in [0.2, 0.25) is 5.89 Å². The van der Waals surface area contributed by atoms with E-state index in [2.05, 4.69) is 33.2 Å². The van der Waals surface area contributed by atoms with Crippen molar-refractivity contribution < 1.29 is 9.15 Å². The van der Waals surface area contributed by atoms with Crippen LogP contribution in [0.25, 0.3) is 21.7 Å². The molecule has 0 amide bonds. The lowest BCUT2D eigenvalue weighted by atomic mass is 10.2. The van der Waals surface area contributed by atoms with Gasteiger partial charge in [0.05, 0.1) is 7.11 Å². The van der Waals surface area contributed by atoms with Gasteiger partial charge in [-0.25, -0.2) is 9.97 Å². The number of fused-ring (bicyclic) bond motifs is 1. The third kappa shape index (κ3) is 2.85. The molecule has 6 nitrogen and oxygen atoms in total. The number of nitrogens with zero attached hydrogens (tertiary/aromatic N) is 4. The van der Waals surface area contributed by atoms with Crippen LogP contribution in [-0.4, -0.2) is 27.3 Å². The molecule has 0 radical (unpaired) electrons. The zero-order chi connectivity index (χ0) is 16.5. The second-order valence-electron chi connectivity index (χ2n) is 4.96. The lowest BCUT2D eigenvalue weighted by Gasteiger charge is -1.99. The number of hydrogen-bond acceptors (Lipinski definition) is 8. The predicted octanol–water partition coefficient (Wildman–Crippen LogP) is 4.21. The minimum Gasteiger partial charge on any atom is -0.497 e. The molecule has 0 N–H and O–H groups in total. The molecular formula is C16H12N4O2S2. The molecule has 0 aliphatic rings. The number of ether oxygens (including phenoxy) is 1. The second-order valence-corrected chi connectivity index (χ2v) is 7.13. The number of methoxy groups -OCH3 is 1. The molecular weight excluding hydrogens is 344 g/mol.